The van der Waals surface area contributed by atoms with Crippen LogP contribution in [0.3, 0.4) is 0 Å². The molecule has 3 aromatic rings. The number of Topliss-reactive ketones (excluding diaryl/α,β-unsaturated/α-hetero) is 1. The third kappa shape index (κ3) is 4.42. The largest absolute Gasteiger partial charge is 0.361 e. The Morgan fingerprint density at radius 3 is 2.97 bits per heavy atom. The van der Waals surface area contributed by atoms with Gasteiger partial charge in [0.1, 0.15) is 0 Å². The highest BCUT2D eigenvalue weighted by molar-refractivity contribution is 7.17. The first-order valence-electron chi connectivity index (χ1n) is 11.1. The van der Waals surface area contributed by atoms with Gasteiger partial charge in [0.2, 0.25) is 11.8 Å². The van der Waals surface area contributed by atoms with Crippen molar-refractivity contribution in [3.05, 3.63) is 45.6 Å². The van der Waals surface area contributed by atoms with Crippen LogP contribution in [0, 0.1) is 11.3 Å². The zero-order valence-corrected chi connectivity index (χ0v) is 20.1. The van der Waals surface area contributed by atoms with Crippen LogP contribution in [0.25, 0.3) is 10.9 Å². The minimum Gasteiger partial charge on any atom is -0.361 e. The van der Waals surface area contributed by atoms with Crippen molar-refractivity contribution in [3.8, 4) is 0 Å². The SMILES string of the molecule is CC1(C)CC(=O)c2sc(NC(=O)[C@H]3CC(=O)N(CCc4c[nH]c5ccc(Cl)cc45)C3)nc2C1. The summed E-state index contributed by atoms with van der Waals surface area (Å²) in [6, 6.07) is 5.70. The van der Waals surface area contributed by atoms with E-state index in [1.807, 2.05) is 24.4 Å². The number of hydrogen-bond donors (Lipinski definition) is 2. The standard InChI is InChI=1S/C24H25ClN4O3S/c1-24(2)9-18-21(19(30)10-24)33-23(27-18)28-22(32)14-7-20(31)29(12-14)6-5-13-11-26-17-4-3-15(25)8-16(13)17/h3-4,8,11,14,26H,5-7,9-10,12H2,1-2H3,(H,27,28,32)/t14-/m0/s1. The molecular formula is C24H25ClN4O3S. The van der Waals surface area contributed by atoms with Gasteiger partial charge in [-0.3, -0.25) is 14.4 Å². The van der Waals surface area contributed by atoms with Gasteiger partial charge in [-0.2, -0.15) is 0 Å². The van der Waals surface area contributed by atoms with Crippen LogP contribution in [0.1, 0.15) is 47.6 Å². The fourth-order valence-corrected chi connectivity index (χ4v) is 5.85. The molecule has 172 valence electrons. The van der Waals surface area contributed by atoms with Gasteiger partial charge in [0.15, 0.2) is 10.9 Å². The molecule has 2 amide bonds. The molecule has 1 atom stereocenters. The van der Waals surface area contributed by atoms with E-state index in [4.69, 9.17) is 11.6 Å². The monoisotopic (exact) mass is 484 g/mol. The van der Waals surface area contributed by atoms with Crippen molar-refractivity contribution in [1.82, 2.24) is 14.9 Å². The Morgan fingerprint density at radius 2 is 2.15 bits per heavy atom. The Labute approximate surface area is 200 Å². The molecule has 1 aliphatic heterocycles. The van der Waals surface area contributed by atoms with E-state index in [0.717, 1.165) is 28.6 Å². The number of aromatic nitrogens is 2. The smallest absolute Gasteiger partial charge is 0.231 e. The number of ketones is 1. The maximum Gasteiger partial charge on any atom is 0.231 e. The number of aromatic amines is 1. The maximum atomic E-state index is 12.8. The van der Waals surface area contributed by atoms with Crippen molar-refractivity contribution in [2.24, 2.45) is 11.3 Å². The predicted molar refractivity (Wildman–Crippen MR) is 129 cm³/mol. The summed E-state index contributed by atoms with van der Waals surface area (Å²) < 4.78 is 0. The highest BCUT2D eigenvalue weighted by Gasteiger charge is 2.36. The Bertz CT molecular complexity index is 1280. The zero-order valence-electron chi connectivity index (χ0n) is 18.5. The second-order valence-electron chi connectivity index (χ2n) is 9.72. The number of amides is 2. The summed E-state index contributed by atoms with van der Waals surface area (Å²) in [5, 5.41) is 5.01. The third-order valence-electron chi connectivity index (χ3n) is 6.43. The number of nitrogens with one attached hydrogen (secondary N) is 2. The molecule has 9 heteroatoms. The maximum absolute atomic E-state index is 12.8. The van der Waals surface area contributed by atoms with Gasteiger partial charge in [-0.1, -0.05) is 36.8 Å². The number of carbonyl (C=O) groups is 3. The summed E-state index contributed by atoms with van der Waals surface area (Å²) in [6.45, 7) is 5.02. The molecule has 0 unspecified atom stereocenters. The van der Waals surface area contributed by atoms with Gasteiger partial charge in [-0.25, -0.2) is 4.98 Å². The van der Waals surface area contributed by atoms with Gasteiger partial charge in [0.05, 0.1) is 16.5 Å². The molecular weight excluding hydrogens is 460 g/mol. The molecule has 1 aliphatic carbocycles. The van der Waals surface area contributed by atoms with E-state index < -0.39 is 5.92 Å². The highest BCUT2D eigenvalue weighted by Crippen LogP contribution is 2.38. The van der Waals surface area contributed by atoms with E-state index in [-0.39, 0.29) is 29.4 Å². The number of likely N-dealkylation sites (tertiary alicyclic amines) is 1. The first-order valence-corrected chi connectivity index (χ1v) is 12.2. The number of H-pyrrole nitrogens is 1. The molecule has 2 aliphatic rings. The minimum atomic E-state index is -0.428. The summed E-state index contributed by atoms with van der Waals surface area (Å²) in [6.07, 6.45) is 4.01. The second kappa shape index (κ2) is 8.25. The molecule has 0 radical (unpaired) electrons. The van der Waals surface area contributed by atoms with E-state index in [2.05, 4.69) is 29.1 Å². The fourth-order valence-electron chi connectivity index (χ4n) is 4.76. The molecule has 1 fully saturated rings. The van der Waals surface area contributed by atoms with Crippen LogP contribution < -0.4 is 5.32 Å². The van der Waals surface area contributed by atoms with Gasteiger partial charge in [0.25, 0.3) is 0 Å². The number of thiazole rings is 1. The van der Waals surface area contributed by atoms with Gasteiger partial charge < -0.3 is 15.2 Å². The molecule has 5 rings (SSSR count). The molecule has 1 saturated heterocycles. The molecule has 2 aromatic heterocycles. The van der Waals surface area contributed by atoms with E-state index in [1.54, 1.807) is 4.90 Å². The van der Waals surface area contributed by atoms with Crippen molar-refractivity contribution in [2.45, 2.75) is 39.5 Å². The van der Waals surface area contributed by atoms with Gasteiger partial charge in [-0.15, -0.1) is 0 Å². The normalized spacial score (nSPS) is 19.8. The molecule has 1 aromatic carbocycles. The number of halogens is 1. The van der Waals surface area contributed by atoms with E-state index in [1.165, 1.54) is 11.3 Å². The number of benzene rings is 1. The number of carbonyl (C=O) groups excluding carboxylic acids is 3. The first kappa shape index (κ1) is 22.1. The van der Waals surface area contributed by atoms with Gasteiger partial charge >= 0.3 is 0 Å². The number of anilines is 1. The third-order valence-corrected chi connectivity index (χ3v) is 7.72. The zero-order chi connectivity index (χ0) is 23.3. The van der Waals surface area contributed by atoms with E-state index >= 15 is 0 Å². The fraction of sp³-hybridized carbons (Fsp3) is 0.417. The average molecular weight is 485 g/mol. The number of nitrogens with zero attached hydrogens (tertiary/aromatic N) is 2. The molecule has 0 bridgehead atoms. The van der Waals surface area contributed by atoms with Crippen molar-refractivity contribution in [1.29, 1.82) is 0 Å². The summed E-state index contributed by atoms with van der Waals surface area (Å²) in [7, 11) is 0. The van der Waals surface area contributed by atoms with Crippen LogP contribution >= 0.6 is 22.9 Å². The Balaban J connectivity index is 1.21. The molecule has 3 heterocycles. The average Bonchev–Trinajstić information content (AvgIpc) is 3.42. The van der Waals surface area contributed by atoms with Crippen LogP contribution in [0.4, 0.5) is 5.13 Å². The number of fused-ring (bicyclic) bond motifs is 2. The molecule has 2 N–H and O–H groups in total. The Hall–Kier alpha value is -2.71. The van der Waals surface area contributed by atoms with Crippen molar-refractivity contribution < 1.29 is 14.4 Å². The number of hydrogen-bond acceptors (Lipinski definition) is 5. The summed E-state index contributed by atoms with van der Waals surface area (Å²) in [5.74, 6) is -0.589. The topological polar surface area (TPSA) is 95.2 Å². The van der Waals surface area contributed by atoms with E-state index in [0.29, 0.717) is 41.0 Å². The Morgan fingerprint density at radius 1 is 1.33 bits per heavy atom. The van der Waals surface area contributed by atoms with Crippen molar-refractivity contribution in [3.63, 3.8) is 0 Å². The van der Waals surface area contributed by atoms with Crippen molar-refractivity contribution in [2.75, 3.05) is 18.4 Å². The molecule has 33 heavy (non-hydrogen) atoms. The molecule has 7 nitrogen and oxygen atoms in total. The van der Waals surface area contributed by atoms with Crippen LogP contribution in [-0.2, 0) is 22.4 Å². The lowest BCUT2D eigenvalue weighted by Gasteiger charge is -2.26. The highest BCUT2D eigenvalue weighted by atomic mass is 35.5. The lowest BCUT2D eigenvalue weighted by Crippen LogP contribution is -2.30. The summed E-state index contributed by atoms with van der Waals surface area (Å²) in [4.78, 5) is 47.9. The van der Waals surface area contributed by atoms with E-state index in [9.17, 15) is 14.4 Å². The second-order valence-corrected chi connectivity index (χ2v) is 11.2. The quantitative estimate of drug-likeness (QED) is 0.558. The van der Waals surface area contributed by atoms with Crippen LogP contribution in [0.15, 0.2) is 24.4 Å². The first-order chi connectivity index (χ1) is 15.7. The lowest BCUT2D eigenvalue weighted by molar-refractivity contribution is -0.128. The van der Waals surface area contributed by atoms with Crippen LogP contribution in [0.2, 0.25) is 5.02 Å². The molecule has 0 spiro atoms. The number of rotatable bonds is 5. The Kier molecular flexibility index (Phi) is 5.53. The summed E-state index contributed by atoms with van der Waals surface area (Å²) >= 11 is 7.37. The van der Waals surface area contributed by atoms with Gasteiger partial charge in [0, 0.05) is 48.1 Å². The van der Waals surface area contributed by atoms with Crippen LogP contribution in [-0.4, -0.2) is 45.6 Å². The lowest BCUT2D eigenvalue weighted by atomic mass is 9.78. The van der Waals surface area contributed by atoms with Gasteiger partial charge in [-0.05, 0) is 42.0 Å². The minimum absolute atomic E-state index is 0.0246. The predicted octanol–water partition coefficient (Wildman–Crippen LogP) is 4.46. The van der Waals surface area contributed by atoms with Crippen molar-refractivity contribution >= 4 is 56.6 Å². The molecule has 0 saturated carbocycles. The summed E-state index contributed by atoms with van der Waals surface area (Å²) in [5.41, 5.74) is 2.74. The van der Waals surface area contributed by atoms with Crippen LogP contribution in [0.5, 0.6) is 0 Å².